The first-order valence-corrected chi connectivity index (χ1v) is 7.08. The van der Waals surface area contributed by atoms with E-state index in [9.17, 15) is 9.18 Å². The fourth-order valence-corrected chi connectivity index (χ4v) is 2.75. The van der Waals surface area contributed by atoms with Crippen molar-refractivity contribution in [2.75, 3.05) is 19.8 Å². The van der Waals surface area contributed by atoms with Crippen molar-refractivity contribution in [2.24, 2.45) is 0 Å². The van der Waals surface area contributed by atoms with Crippen molar-refractivity contribution in [2.45, 2.75) is 31.5 Å². The van der Waals surface area contributed by atoms with Crippen LogP contribution in [0.2, 0.25) is 0 Å². The lowest BCUT2D eigenvalue weighted by Crippen LogP contribution is -2.34. The highest BCUT2D eigenvalue weighted by Gasteiger charge is 2.59. The summed E-state index contributed by atoms with van der Waals surface area (Å²) < 4.78 is 18.7. The van der Waals surface area contributed by atoms with Crippen LogP contribution in [0, 0.1) is 5.82 Å². The molecule has 0 radical (unpaired) electrons. The molecule has 1 amide bonds. The number of rotatable bonds is 5. The lowest BCUT2D eigenvalue weighted by Gasteiger charge is -2.24. The Kier molecular flexibility index (Phi) is 3.48. The number of carbonyl (C=O) groups is 1. The maximum atomic E-state index is 13.4. The number of benzene rings is 1. The van der Waals surface area contributed by atoms with Gasteiger partial charge < -0.3 is 9.64 Å². The van der Waals surface area contributed by atoms with Crippen LogP contribution in [-0.4, -0.2) is 36.1 Å². The van der Waals surface area contributed by atoms with Crippen molar-refractivity contribution in [3.63, 3.8) is 0 Å². The molecule has 1 unspecified atom stereocenters. The Morgan fingerprint density at radius 2 is 2.30 bits per heavy atom. The zero-order valence-corrected chi connectivity index (χ0v) is 11.6. The van der Waals surface area contributed by atoms with Crippen LogP contribution in [0.4, 0.5) is 4.39 Å². The van der Waals surface area contributed by atoms with Crippen molar-refractivity contribution in [3.8, 4) is 0 Å². The predicted molar refractivity (Wildman–Crippen MR) is 72.4 cm³/mol. The van der Waals surface area contributed by atoms with E-state index in [0.29, 0.717) is 19.8 Å². The molecule has 1 saturated carbocycles. The first kappa shape index (κ1) is 13.5. The molecule has 1 saturated heterocycles. The van der Waals surface area contributed by atoms with Crippen LogP contribution < -0.4 is 5.32 Å². The molecule has 1 aliphatic carbocycles. The van der Waals surface area contributed by atoms with Crippen LogP contribution in [0.25, 0.3) is 0 Å². The molecule has 1 heterocycles. The van der Waals surface area contributed by atoms with E-state index in [2.05, 4.69) is 5.32 Å². The summed E-state index contributed by atoms with van der Waals surface area (Å²) in [6.07, 6.45) is 1.48. The van der Waals surface area contributed by atoms with Crippen LogP contribution >= 0.6 is 0 Å². The minimum absolute atomic E-state index is 0.117. The van der Waals surface area contributed by atoms with E-state index in [4.69, 9.17) is 4.74 Å². The maximum absolute atomic E-state index is 13.4. The number of ether oxygens (including phenoxy) is 1. The third-order valence-corrected chi connectivity index (χ3v) is 3.99. The number of amides is 1. The third kappa shape index (κ3) is 2.31. The van der Waals surface area contributed by atoms with E-state index in [0.717, 1.165) is 18.4 Å². The summed E-state index contributed by atoms with van der Waals surface area (Å²) in [5.41, 5.74) is 0.391. The van der Waals surface area contributed by atoms with Gasteiger partial charge in [0, 0.05) is 13.2 Å². The molecule has 1 spiro atoms. The van der Waals surface area contributed by atoms with Crippen LogP contribution in [0.15, 0.2) is 24.3 Å². The summed E-state index contributed by atoms with van der Waals surface area (Å²) in [6, 6.07) is 6.43. The summed E-state index contributed by atoms with van der Waals surface area (Å²) in [7, 11) is 0. The number of hydrogen-bond acceptors (Lipinski definition) is 3. The number of hydrogen-bond donors (Lipinski definition) is 1. The number of nitrogens with zero attached hydrogens (tertiary/aromatic N) is 1. The Hall–Kier alpha value is -1.46. The predicted octanol–water partition coefficient (Wildman–Crippen LogP) is 1.83. The smallest absolute Gasteiger partial charge is 0.244 e. The Bertz CT molecular complexity index is 516. The molecule has 4 nitrogen and oxygen atoms in total. The minimum Gasteiger partial charge on any atom is -0.380 e. The van der Waals surface area contributed by atoms with Gasteiger partial charge in [0.05, 0.1) is 6.61 Å². The average molecular weight is 278 g/mol. The summed E-state index contributed by atoms with van der Waals surface area (Å²) in [4.78, 5) is 14.2. The van der Waals surface area contributed by atoms with Crippen LogP contribution in [0.3, 0.4) is 0 Å². The summed E-state index contributed by atoms with van der Waals surface area (Å²) in [5, 5.41) is 3.37. The van der Waals surface area contributed by atoms with Gasteiger partial charge >= 0.3 is 0 Å². The van der Waals surface area contributed by atoms with Crippen molar-refractivity contribution >= 4 is 5.91 Å². The number of nitrogens with one attached hydrogen (secondary N) is 1. The molecule has 1 aromatic rings. The molecule has 0 aromatic heterocycles. The molecule has 1 N–H and O–H groups in total. The maximum Gasteiger partial charge on any atom is 0.244 e. The quantitative estimate of drug-likeness (QED) is 0.835. The van der Waals surface area contributed by atoms with Gasteiger partial charge in [0.2, 0.25) is 5.91 Å². The van der Waals surface area contributed by atoms with E-state index < -0.39 is 5.54 Å². The molecular formula is C15H19FN2O2. The summed E-state index contributed by atoms with van der Waals surface area (Å²) >= 11 is 0. The van der Waals surface area contributed by atoms with Crippen molar-refractivity contribution < 1.29 is 13.9 Å². The molecule has 2 aliphatic rings. The molecule has 5 heteroatoms. The first-order chi connectivity index (χ1) is 9.66. The summed E-state index contributed by atoms with van der Waals surface area (Å²) in [6.45, 7) is 3.59. The second kappa shape index (κ2) is 5.14. The van der Waals surface area contributed by atoms with Gasteiger partial charge in [0.15, 0.2) is 0 Å². The molecule has 0 bridgehead atoms. The third-order valence-electron chi connectivity index (χ3n) is 3.99. The van der Waals surface area contributed by atoms with Gasteiger partial charge in [-0.25, -0.2) is 4.39 Å². The van der Waals surface area contributed by atoms with Gasteiger partial charge in [-0.15, -0.1) is 0 Å². The highest BCUT2D eigenvalue weighted by atomic mass is 19.1. The van der Waals surface area contributed by atoms with Crippen LogP contribution in [-0.2, 0) is 9.53 Å². The van der Waals surface area contributed by atoms with Crippen molar-refractivity contribution in [3.05, 3.63) is 35.6 Å². The first-order valence-electron chi connectivity index (χ1n) is 7.08. The SMILES string of the molecule is CCOCCN1C(=O)C2(CC2)NC1c1cccc(F)c1. The fourth-order valence-electron chi connectivity index (χ4n) is 2.75. The highest BCUT2D eigenvalue weighted by Crippen LogP contribution is 2.45. The summed E-state index contributed by atoms with van der Waals surface area (Å²) in [5.74, 6) is -0.162. The minimum atomic E-state index is -0.400. The Morgan fingerprint density at radius 1 is 1.50 bits per heavy atom. The van der Waals surface area contributed by atoms with Crippen molar-refractivity contribution in [1.29, 1.82) is 0 Å². The van der Waals surface area contributed by atoms with Gasteiger partial charge in [-0.1, -0.05) is 12.1 Å². The molecule has 1 aromatic carbocycles. The van der Waals surface area contributed by atoms with E-state index in [-0.39, 0.29) is 17.9 Å². The van der Waals surface area contributed by atoms with Gasteiger partial charge in [-0.05, 0) is 37.5 Å². The van der Waals surface area contributed by atoms with Crippen molar-refractivity contribution in [1.82, 2.24) is 10.2 Å². The van der Waals surface area contributed by atoms with E-state index >= 15 is 0 Å². The molecule has 3 rings (SSSR count). The monoisotopic (exact) mass is 278 g/mol. The van der Waals surface area contributed by atoms with E-state index in [1.165, 1.54) is 12.1 Å². The lowest BCUT2D eigenvalue weighted by atomic mass is 10.1. The molecule has 20 heavy (non-hydrogen) atoms. The standard InChI is InChI=1S/C15H19FN2O2/c1-2-20-9-8-18-13(11-4-3-5-12(16)10-11)17-15(6-7-15)14(18)19/h3-5,10,13,17H,2,6-9H2,1H3. The largest absolute Gasteiger partial charge is 0.380 e. The molecule has 2 fully saturated rings. The van der Waals surface area contributed by atoms with Gasteiger partial charge in [-0.2, -0.15) is 0 Å². The molecule has 108 valence electrons. The zero-order valence-electron chi connectivity index (χ0n) is 11.6. The zero-order chi connectivity index (χ0) is 14.2. The van der Waals surface area contributed by atoms with E-state index in [1.807, 2.05) is 13.0 Å². The van der Waals surface area contributed by atoms with Gasteiger partial charge in [0.25, 0.3) is 0 Å². The normalized spacial score (nSPS) is 23.6. The molecule has 1 aliphatic heterocycles. The van der Waals surface area contributed by atoms with Gasteiger partial charge in [-0.3, -0.25) is 10.1 Å². The highest BCUT2D eigenvalue weighted by molar-refractivity contribution is 5.92. The second-order valence-electron chi connectivity index (χ2n) is 5.38. The topological polar surface area (TPSA) is 41.6 Å². The van der Waals surface area contributed by atoms with Crippen LogP contribution in [0.1, 0.15) is 31.5 Å². The average Bonchev–Trinajstić information content (AvgIpc) is 3.16. The Morgan fingerprint density at radius 3 is 2.95 bits per heavy atom. The number of carbonyl (C=O) groups excluding carboxylic acids is 1. The molecule has 1 atom stereocenters. The Labute approximate surface area is 117 Å². The fraction of sp³-hybridized carbons (Fsp3) is 0.533. The van der Waals surface area contributed by atoms with Gasteiger partial charge in [0.1, 0.15) is 17.5 Å². The van der Waals surface area contributed by atoms with Crippen LogP contribution in [0.5, 0.6) is 0 Å². The number of halogens is 1. The lowest BCUT2D eigenvalue weighted by molar-refractivity contribution is -0.131. The molecular weight excluding hydrogens is 259 g/mol. The Balaban J connectivity index is 1.81. The second-order valence-corrected chi connectivity index (χ2v) is 5.38. The van der Waals surface area contributed by atoms with E-state index in [1.54, 1.807) is 11.0 Å².